The van der Waals surface area contributed by atoms with Gasteiger partial charge in [0.05, 0.1) is 24.7 Å². The van der Waals surface area contributed by atoms with Gasteiger partial charge in [0.25, 0.3) is 0 Å². The molecule has 1 saturated carbocycles. The zero-order valence-electron chi connectivity index (χ0n) is 25.5. The Bertz CT molecular complexity index is 1380. The van der Waals surface area contributed by atoms with Crippen molar-refractivity contribution in [1.29, 1.82) is 0 Å². The minimum absolute atomic E-state index is 0.0473. The standard InChI is InChI=1S/C32H41FN4O7/c1-31(2,3)44-29(40)34-24-13-8-6-4-5-7-11-20-15-32(20)28(39)43-26(35-32)25-14-21(17-37(25)27(24)38)42-30(41)36-16-19-10-9-12-23(33)22(19)18-36/h7,9-12,20-21,24-25,29,34,40H,4-6,8,13-18H2,1-3H3/b11-7-/t20-,21-,24+,25+,29?,32-/m1/s1. The molecular weight excluding hydrogens is 571 g/mol. The van der Waals surface area contributed by atoms with Crippen LogP contribution in [-0.4, -0.2) is 81.1 Å². The summed E-state index contributed by atoms with van der Waals surface area (Å²) in [5.41, 5.74) is -0.423. The highest BCUT2D eigenvalue weighted by Gasteiger charge is 2.65. The van der Waals surface area contributed by atoms with Gasteiger partial charge in [-0.25, -0.2) is 19.0 Å². The van der Waals surface area contributed by atoms with Gasteiger partial charge in [-0.05, 0) is 58.1 Å². The largest absolute Gasteiger partial charge is 0.444 e. The quantitative estimate of drug-likeness (QED) is 0.300. The fourth-order valence-corrected chi connectivity index (χ4v) is 6.61. The second-order valence-corrected chi connectivity index (χ2v) is 13.4. The second kappa shape index (κ2) is 11.9. The Morgan fingerprint density at radius 2 is 2.05 bits per heavy atom. The summed E-state index contributed by atoms with van der Waals surface area (Å²) in [6, 6.07) is 3.22. The van der Waals surface area contributed by atoms with Gasteiger partial charge in [-0.1, -0.05) is 37.1 Å². The van der Waals surface area contributed by atoms with E-state index >= 15 is 0 Å². The number of carbonyl (C=O) groups excluding carboxylic acids is 3. The lowest BCUT2D eigenvalue weighted by Gasteiger charge is -2.31. The van der Waals surface area contributed by atoms with Gasteiger partial charge in [0.2, 0.25) is 18.2 Å². The number of rotatable bonds is 4. The molecule has 238 valence electrons. The highest BCUT2D eigenvalue weighted by atomic mass is 19.1. The molecule has 2 amide bonds. The molecule has 6 atom stereocenters. The third-order valence-electron chi connectivity index (χ3n) is 8.97. The van der Waals surface area contributed by atoms with Crippen molar-refractivity contribution in [1.82, 2.24) is 15.1 Å². The first-order valence-electron chi connectivity index (χ1n) is 15.6. The van der Waals surface area contributed by atoms with Gasteiger partial charge in [-0.3, -0.25) is 15.0 Å². The van der Waals surface area contributed by atoms with Crippen molar-refractivity contribution < 1.29 is 38.1 Å². The maximum Gasteiger partial charge on any atom is 0.410 e. The van der Waals surface area contributed by atoms with E-state index < -0.39 is 47.8 Å². The number of carbonyl (C=O) groups is 3. The monoisotopic (exact) mass is 612 g/mol. The number of amides is 2. The van der Waals surface area contributed by atoms with E-state index in [4.69, 9.17) is 19.2 Å². The van der Waals surface area contributed by atoms with Gasteiger partial charge in [0.1, 0.15) is 18.0 Å². The predicted octanol–water partition coefficient (Wildman–Crippen LogP) is 3.53. The van der Waals surface area contributed by atoms with E-state index in [2.05, 4.69) is 11.4 Å². The van der Waals surface area contributed by atoms with E-state index in [0.717, 1.165) is 31.2 Å². The van der Waals surface area contributed by atoms with Gasteiger partial charge >= 0.3 is 12.1 Å². The number of aliphatic hydroxyl groups is 1. The summed E-state index contributed by atoms with van der Waals surface area (Å²) in [4.78, 5) is 48.1. The number of aliphatic hydroxyl groups excluding tert-OH is 1. The molecule has 11 nitrogen and oxygen atoms in total. The topological polar surface area (TPSA) is 130 Å². The summed E-state index contributed by atoms with van der Waals surface area (Å²) in [6.07, 6.45) is 5.99. The maximum atomic E-state index is 14.3. The van der Waals surface area contributed by atoms with Crippen LogP contribution in [0.25, 0.3) is 0 Å². The summed E-state index contributed by atoms with van der Waals surface area (Å²) < 4.78 is 31.5. The molecule has 2 bridgehead atoms. The Morgan fingerprint density at radius 3 is 2.82 bits per heavy atom. The summed E-state index contributed by atoms with van der Waals surface area (Å²) >= 11 is 0. The van der Waals surface area contributed by atoms with E-state index in [-0.39, 0.29) is 49.6 Å². The number of halogens is 1. The van der Waals surface area contributed by atoms with Crippen LogP contribution >= 0.6 is 0 Å². The number of benzene rings is 1. The Morgan fingerprint density at radius 1 is 1.23 bits per heavy atom. The fraction of sp³-hybridized carbons (Fsp3) is 0.625. The Labute approximate surface area is 256 Å². The Balaban J connectivity index is 1.23. The lowest BCUT2D eigenvalue weighted by molar-refractivity contribution is -0.188. The van der Waals surface area contributed by atoms with Crippen LogP contribution in [0.4, 0.5) is 9.18 Å². The van der Waals surface area contributed by atoms with Crippen molar-refractivity contribution in [3.8, 4) is 0 Å². The number of hydrogen-bond donors (Lipinski definition) is 2. The Hall–Kier alpha value is -3.35. The van der Waals surface area contributed by atoms with Crippen LogP contribution in [0.15, 0.2) is 35.3 Å². The van der Waals surface area contributed by atoms with Crippen LogP contribution in [0.2, 0.25) is 0 Å². The molecule has 0 radical (unpaired) electrons. The second-order valence-electron chi connectivity index (χ2n) is 13.4. The SMILES string of the molecule is CC(C)(C)OC(O)N[C@H]1CCCCC/C=C\[C@@H]2C[C@@]23N=C(OC3=O)[C@@H]2C[C@@H](OC(=O)N3Cc4cccc(F)c4C3)CN2C1=O. The molecule has 4 aliphatic heterocycles. The predicted molar refractivity (Wildman–Crippen MR) is 156 cm³/mol. The average molecular weight is 613 g/mol. The van der Waals surface area contributed by atoms with Crippen molar-refractivity contribution in [3.63, 3.8) is 0 Å². The number of esters is 1. The van der Waals surface area contributed by atoms with E-state index in [1.54, 1.807) is 32.9 Å². The molecule has 12 heteroatoms. The van der Waals surface area contributed by atoms with Crippen molar-refractivity contribution in [3.05, 3.63) is 47.3 Å². The van der Waals surface area contributed by atoms with Gasteiger partial charge < -0.3 is 24.2 Å². The molecule has 1 saturated heterocycles. The van der Waals surface area contributed by atoms with Gasteiger partial charge in [-0.2, -0.15) is 0 Å². The van der Waals surface area contributed by atoms with E-state index in [1.165, 1.54) is 15.9 Å². The number of fused-ring (bicyclic) bond motifs is 3. The van der Waals surface area contributed by atoms with Crippen molar-refractivity contribution in [2.45, 2.75) is 115 Å². The molecule has 1 aromatic rings. The molecule has 2 N–H and O–H groups in total. The number of aliphatic imine (C=N–C) groups is 1. The minimum atomic E-state index is -1.39. The van der Waals surface area contributed by atoms with E-state index in [0.29, 0.717) is 18.4 Å². The summed E-state index contributed by atoms with van der Waals surface area (Å²) in [5.74, 6) is -1.03. The third kappa shape index (κ3) is 6.25. The van der Waals surface area contributed by atoms with E-state index in [9.17, 15) is 23.9 Å². The van der Waals surface area contributed by atoms with Crippen molar-refractivity contribution >= 4 is 23.9 Å². The molecule has 5 aliphatic rings. The van der Waals surface area contributed by atoms with Gasteiger partial charge in [0.15, 0.2) is 5.54 Å². The molecular formula is C32H41FN4O7. The average Bonchev–Trinajstić information content (AvgIpc) is 3.24. The first-order chi connectivity index (χ1) is 20.9. The third-order valence-corrected chi connectivity index (χ3v) is 8.97. The molecule has 4 heterocycles. The minimum Gasteiger partial charge on any atom is -0.444 e. The lowest BCUT2D eigenvalue weighted by atomic mass is 10.0. The summed E-state index contributed by atoms with van der Waals surface area (Å²) in [7, 11) is 0. The van der Waals surface area contributed by atoms with Crippen LogP contribution in [0.5, 0.6) is 0 Å². The molecule has 6 rings (SSSR count). The van der Waals surface area contributed by atoms with Crippen LogP contribution in [0.1, 0.15) is 76.8 Å². The molecule has 0 aromatic heterocycles. The van der Waals surface area contributed by atoms with Gasteiger partial charge in [-0.15, -0.1) is 0 Å². The molecule has 1 spiro atoms. The normalized spacial score (nSPS) is 31.6. The highest BCUT2D eigenvalue weighted by Crippen LogP contribution is 2.52. The molecule has 44 heavy (non-hydrogen) atoms. The van der Waals surface area contributed by atoms with Crippen LogP contribution in [0.3, 0.4) is 0 Å². The number of allylic oxidation sites excluding steroid dienone is 1. The highest BCUT2D eigenvalue weighted by molar-refractivity contribution is 6.05. The van der Waals surface area contributed by atoms with Crippen molar-refractivity contribution in [2.24, 2.45) is 10.9 Å². The number of nitrogens with zero attached hydrogens (tertiary/aromatic N) is 3. The fourth-order valence-electron chi connectivity index (χ4n) is 6.61. The van der Waals surface area contributed by atoms with Crippen LogP contribution in [0, 0.1) is 11.7 Å². The summed E-state index contributed by atoms with van der Waals surface area (Å²) in [5, 5.41) is 13.6. The zero-order chi connectivity index (χ0) is 31.2. The maximum absolute atomic E-state index is 14.3. The smallest absolute Gasteiger partial charge is 0.410 e. The molecule has 1 aliphatic carbocycles. The first kappa shape index (κ1) is 30.7. The van der Waals surface area contributed by atoms with Gasteiger partial charge in [0, 0.05) is 24.4 Å². The number of nitrogens with one attached hydrogen (secondary N) is 1. The molecule has 2 fully saturated rings. The molecule has 1 aromatic carbocycles. The summed E-state index contributed by atoms with van der Waals surface area (Å²) in [6.45, 7) is 5.79. The lowest BCUT2D eigenvalue weighted by Crippen LogP contribution is -2.54. The first-order valence-corrected chi connectivity index (χ1v) is 15.6. The number of hydrogen-bond acceptors (Lipinski definition) is 9. The number of ether oxygens (including phenoxy) is 3. The van der Waals surface area contributed by atoms with E-state index in [1.807, 2.05) is 6.08 Å². The zero-order valence-corrected chi connectivity index (χ0v) is 25.5. The van der Waals surface area contributed by atoms with Crippen LogP contribution in [-0.2, 0) is 36.9 Å². The van der Waals surface area contributed by atoms with Crippen molar-refractivity contribution in [2.75, 3.05) is 6.54 Å². The Kier molecular flexibility index (Phi) is 8.27. The molecule has 1 unspecified atom stereocenters. The van der Waals surface area contributed by atoms with Crippen LogP contribution < -0.4 is 5.32 Å².